The lowest BCUT2D eigenvalue weighted by Crippen LogP contribution is -2.40. The smallest absolute Gasteiger partial charge is 0.336 e. The molecule has 8 heteroatoms. The molecule has 3 heterocycles. The molecule has 7 atom stereocenters. The van der Waals surface area contributed by atoms with Gasteiger partial charge < -0.3 is 23.7 Å². The Labute approximate surface area is 187 Å². The van der Waals surface area contributed by atoms with Gasteiger partial charge in [-0.1, -0.05) is 18.7 Å². The van der Waals surface area contributed by atoms with E-state index in [1.54, 1.807) is 6.92 Å². The largest absolute Gasteiger partial charge is 0.463 e. The fourth-order valence-electron chi connectivity index (χ4n) is 4.71. The van der Waals surface area contributed by atoms with Crippen molar-refractivity contribution in [2.24, 2.45) is 5.92 Å². The number of esters is 3. The molecule has 3 saturated heterocycles. The van der Waals surface area contributed by atoms with E-state index in [0.717, 1.165) is 12.0 Å². The van der Waals surface area contributed by atoms with Crippen LogP contribution in [0.3, 0.4) is 0 Å². The number of fused-ring (bicyclic) bond motifs is 2. The van der Waals surface area contributed by atoms with E-state index in [-0.39, 0.29) is 36.4 Å². The highest BCUT2D eigenvalue weighted by atomic mass is 16.6. The molecule has 3 aliphatic heterocycles. The molecule has 8 nitrogen and oxygen atoms in total. The van der Waals surface area contributed by atoms with Crippen LogP contribution in [0.15, 0.2) is 36.0 Å². The third-order valence-electron chi connectivity index (χ3n) is 7.13. The molecular weight excluding hydrogens is 416 g/mol. The Morgan fingerprint density at radius 3 is 2.62 bits per heavy atom. The summed E-state index contributed by atoms with van der Waals surface area (Å²) in [5.74, 6) is -2.13. The van der Waals surface area contributed by atoms with Gasteiger partial charge in [-0.25, -0.2) is 9.59 Å². The van der Waals surface area contributed by atoms with Crippen molar-refractivity contribution >= 4 is 17.9 Å². The lowest BCUT2D eigenvalue weighted by atomic mass is 9.82. The molecule has 174 valence electrons. The highest BCUT2D eigenvalue weighted by Crippen LogP contribution is 2.49. The van der Waals surface area contributed by atoms with Crippen LogP contribution in [0, 0.1) is 5.92 Å². The highest BCUT2D eigenvalue weighted by molar-refractivity contribution is 5.92. The number of ether oxygens (including phenoxy) is 5. The zero-order valence-corrected chi connectivity index (χ0v) is 19.0. The van der Waals surface area contributed by atoms with Gasteiger partial charge in [0.25, 0.3) is 0 Å². The molecule has 0 amide bonds. The van der Waals surface area contributed by atoms with Crippen LogP contribution in [0.2, 0.25) is 0 Å². The topological polar surface area (TPSA) is 104 Å². The van der Waals surface area contributed by atoms with E-state index in [1.807, 2.05) is 19.9 Å². The number of carbonyl (C=O) groups excluding carboxylic acids is 3. The Balaban J connectivity index is 1.64. The van der Waals surface area contributed by atoms with Crippen LogP contribution in [0.5, 0.6) is 0 Å². The number of hydrogen-bond donors (Lipinski definition) is 0. The lowest BCUT2D eigenvalue weighted by Gasteiger charge is -2.29. The number of hydrogen-bond acceptors (Lipinski definition) is 8. The fraction of sp³-hybridized carbons (Fsp3) is 0.625. The minimum absolute atomic E-state index is 0.0429. The maximum absolute atomic E-state index is 13.0. The van der Waals surface area contributed by atoms with Crippen LogP contribution in [-0.4, -0.2) is 60.1 Å². The van der Waals surface area contributed by atoms with Gasteiger partial charge in [-0.3, -0.25) is 4.79 Å². The summed E-state index contributed by atoms with van der Waals surface area (Å²) in [6, 6.07) is 0. The number of carbonyl (C=O) groups is 3. The normalized spacial score (nSPS) is 41.9. The second-order valence-electron chi connectivity index (χ2n) is 9.42. The van der Waals surface area contributed by atoms with E-state index in [4.69, 9.17) is 23.7 Å². The van der Waals surface area contributed by atoms with Crippen molar-refractivity contribution in [3.63, 3.8) is 0 Å². The zero-order valence-electron chi connectivity index (χ0n) is 19.0. The van der Waals surface area contributed by atoms with Crippen molar-refractivity contribution in [2.45, 2.75) is 82.6 Å². The van der Waals surface area contributed by atoms with Crippen molar-refractivity contribution in [1.82, 2.24) is 0 Å². The molecule has 0 spiro atoms. The Bertz CT molecular complexity index is 919. The molecule has 3 fully saturated rings. The molecule has 4 rings (SSSR count). The monoisotopic (exact) mass is 446 g/mol. The van der Waals surface area contributed by atoms with E-state index in [0.29, 0.717) is 6.42 Å². The molecule has 0 aromatic carbocycles. The van der Waals surface area contributed by atoms with Crippen molar-refractivity contribution < 1.29 is 38.1 Å². The molecule has 4 aliphatic rings. The van der Waals surface area contributed by atoms with E-state index >= 15 is 0 Å². The van der Waals surface area contributed by atoms with E-state index in [2.05, 4.69) is 13.2 Å². The maximum atomic E-state index is 13.0. The quantitative estimate of drug-likeness (QED) is 0.209. The summed E-state index contributed by atoms with van der Waals surface area (Å²) in [5.41, 5.74) is -0.0767. The first-order chi connectivity index (χ1) is 15.0. The second kappa shape index (κ2) is 7.85. The second-order valence-corrected chi connectivity index (χ2v) is 9.42. The van der Waals surface area contributed by atoms with Gasteiger partial charge in [-0.2, -0.15) is 0 Å². The molecule has 0 aromatic rings. The Morgan fingerprint density at radius 2 is 2.00 bits per heavy atom. The third-order valence-corrected chi connectivity index (χ3v) is 7.13. The van der Waals surface area contributed by atoms with Gasteiger partial charge in [-0.15, -0.1) is 0 Å². The van der Waals surface area contributed by atoms with Crippen molar-refractivity contribution in [2.75, 3.05) is 6.61 Å². The van der Waals surface area contributed by atoms with Crippen LogP contribution in [0.1, 0.15) is 47.0 Å². The lowest BCUT2D eigenvalue weighted by molar-refractivity contribution is -0.151. The first-order valence-electron chi connectivity index (χ1n) is 10.9. The van der Waals surface area contributed by atoms with Gasteiger partial charge in [0.05, 0.1) is 23.7 Å². The average Bonchev–Trinajstić information content (AvgIpc) is 3.55. The van der Waals surface area contributed by atoms with Crippen LogP contribution in [-0.2, 0) is 38.1 Å². The summed E-state index contributed by atoms with van der Waals surface area (Å²) >= 11 is 0. The van der Waals surface area contributed by atoms with Crippen LogP contribution in [0.4, 0.5) is 0 Å². The van der Waals surface area contributed by atoms with E-state index in [9.17, 15) is 14.4 Å². The van der Waals surface area contributed by atoms with Gasteiger partial charge in [0.2, 0.25) is 0 Å². The van der Waals surface area contributed by atoms with E-state index in [1.165, 1.54) is 6.92 Å². The minimum Gasteiger partial charge on any atom is -0.463 e. The molecule has 0 aromatic heterocycles. The number of epoxide rings is 2. The highest BCUT2D eigenvalue weighted by Gasteiger charge is 2.61. The molecule has 2 unspecified atom stereocenters. The molecule has 0 saturated carbocycles. The molecule has 0 bridgehead atoms. The number of allylic oxidation sites excluding steroid dienone is 1. The summed E-state index contributed by atoms with van der Waals surface area (Å²) < 4.78 is 28.3. The van der Waals surface area contributed by atoms with Gasteiger partial charge in [0.1, 0.15) is 30.0 Å². The molecular formula is C24H30O8. The Kier molecular flexibility index (Phi) is 5.57. The van der Waals surface area contributed by atoms with Crippen molar-refractivity contribution in [3.05, 3.63) is 36.0 Å². The summed E-state index contributed by atoms with van der Waals surface area (Å²) in [6.45, 7) is 14.8. The molecule has 0 N–H and O–H groups in total. The van der Waals surface area contributed by atoms with Crippen LogP contribution in [0.25, 0.3) is 0 Å². The Morgan fingerprint density at radius 1 is 1.31 bits per heavy atom. The molecule has 32 heavy (non-hydrogen) atoms. The van der Waals surface area contributed by atoms with Crippen LogP contribution >= 0.6 is 0 Å². The van der Waals surface area contributed by atoms with Gasteiger partial charge >= 0.3 is 17.9 Å². The average molecular weight is 446 g/mol. The Hall–Kier alpha value is -2.45. The standard InChI is InChI=1S/C24H30O8/c1-12-7-8-19-24(32-19,11-28-16(5)25)10-18(20-13(2)21(26)29-17(20)9-12)30-22(27)14(3)23(6)15(4)31-23/h9,15,17-20H,2-3,7-8,10-11H2,1,4-6H3/b12-9+/t15?,17-,18-,19-,20+,23?,24+/m1/s1. The van der Waals surface area contributed by atoms with Crippen molar-refractivity contribution in [3.8, 4) is 0 Å². The predicted molar refractivity (Wildman–Crippen MR) is 112 cm³/mol. The van der Waals surface area contributed by atoms with E-state index < -0.39 is 47.2 Å². The predicted octanol–water partition coefficient (Wildman–Crippen LogP) is 2.56. The van der Waals surface area contributed by atoms with Gasteiger partial charge in [0.15, 0.2) is 0 Å². The van der Waals surface area contributed by atoms with Gasteiger partial charge in [0, 0.05) is 18.9 Å². The molecule has 1 aliphatic carbocycles. The number of rotatable bonds is 5. The summed E-state index contributed by atoms with van der Waals surface area (Å²) in [4.78, 5) is 36.9. The van der Waals surface area contributed by atoms with Crippen LogP contribution < -0.4 is 0 Å². The summed E-state index contributed by atoms with van der Waals surface area (Å²) in [7, 11) is 0. The first-order valence-corrected chi connectivity index (χ1v) is 10.9. The summed E-state index contributed by atoms with van der Waals surface area (Å²) in [6.07, 6.45) is 1.91. The summed E-state index contributed by atoms with van der Waals surface area (Å²) in [5, 5.41) is 0. The third kappa shape index (κ3) is 4.01. The zero-order chi connectivity index (χ0) is 23.4. The van der Waals surface area contributed by atoms with Crippen molar-refractivity contribution in [1.29, 1.82) is 0 Å². The van der Waals surface area contributed by atoms with Gasteiger partial charge in [-0.05, 0) is 39.7 Å². The fourth-order valence-corrected chi connectivity index (χ4v) is 4.71. The minimum atomic E-state index is -0.792. The maximum Gasteiger partial charge on any atom is 0.336 e. The first kappa shape index (κ1) is 22.7. The molecule has 0 radical (unpaired) electrons. The SMILES string of the molecule is C=C1C(=O)O[C@@H]2/C=C(\C)CC[C@H]3O[C@]3(COC(C)=O)C[C@@H](OC(=O)C(=C)C3(C)OC3C)[C@@H]12.